The molecular weight excluding hydrogens is 268 g/mol. The lowest BCUT2D eigenvalue weighted by Gasteiger charge is -2.44. The van der Waals surface area contributed by atoms with Gasteiger partial charge in [-0.1, -0.05) is 27.4 Å². The quantitative estimate of drug-likeness (QED) is 0.438. The molecule has 3 atom stereocenters. The molecule has 4 heteroatoms. The Morgan fingerprint density at radius 2 is 2.00 bits per heavy atom. The van der Waals surface area contributed by atoms with Crippen LogP contribution in [0.5, 0.6) is 0 Å². The number of hydrogen-bond donors (Lipinski definition) is 0. The van der Waals surface area contributed by atoms with Gasteiger partial charge in [-0.25, -0.2) is 4.79 Å². The molecule has 0 radical (unpaired) electrons. The van der Waals surface area contributed by atoms with Gasteiger partial charge in [-0.3, -0.25) is 0 Å². The summed E-state index contributed by atoms with van der Waals surface area (Å²) in [6.45, 7) is 17.3. The van der Waals surface area contributed by atoms with Gasteiger partial charge in [0.15, 0.2) is 8.32 Å². The molecule has 1 heterocycles. The lowest BCUT2D eigenvalue weighted by Crippen LogP contribution is -2.48. The summed E-state index contributed by atoms with van der Waals surface area (Å²) in [6.07, 6.45) is 2.95. The molecule has 1 aliphatic carbocycles. The topological polar surface area (TPSA) is 35.5 Å². The molecule has 0 aromatic heterocycles. The van der Waals surface area contributed by atoms with Crippen molar-refractivity contribution in [2.24, 2.45) is 5.92 Å². The standard InChI is InChI=1S/C16H28O3Si/c1-11-13-10-12(19-20(6,7)15(2,3)4)8-9-16(13,5)18-14(11)17/h12-13H,1,8-10H2,2-7H3/t12-,13-,16-/m1/s1. The van der Waals surface area contributed by atoms with Gasteiger partial charge in [0.25, 0.3) is 0 Å². The maximum absolute atomic E-state index is 11.7. The number of carbonyl (C=O) groups excluding carboxylic acids is 1. The minimum absolute atomic E-state index is 0.124. The van der Waals surface area contributed by atoms with Crippen LogP contribution in [0.15, 0.2) is 12.2 Å². The van der Waals surface area contributed by atoms with Crippen molar-refractivity contribution in [2.75, 3.05) is 0 Å². The van der Waals surface area contributed by atoms with E-state index in [9.17, 15) is 4.79 Å². The molecule has 0 aromatic rings. The van der Waals surface area contributed by atoms with E-state index in [0.717, 1.165) is 19.3 Å². The summed E-state index contributed by atoms with van der Waals surface area (Å²) in [4.78, 5) is 11.7. The highest BCUT2D eigenvalue weighted by atomic mass is 28.4. The van der Waals surface area contributed by atoms with Crippen LogP contribution >= 0.6 is 0 Å². The summed E-state index contributed by atoms with van der Waals surface area (Å²) in [7, 11) is -1.76. The molecule has 1 saturated heterocycles. The average Bonchev–Trinajstić information content (AvgIpc) is 2.49. The zero-order valence-corrected chi connectivity index (χ0v) is 14.7. The molecular formula is C16H28O3Si. The van der Waals surface area contributed by atoms with Crippen LogP contribution in [0.2, 0.25) is 18.1 Å². The summed E-state index contributed by atoms with van der Waals surface area (Å²) in [5, 5.41) is 0.215. The third-order valence-electron chi connectivity index (χ3n) is 5.47. The molecule has 0 bridgehead atoms. The minimum atomic E-state index is -1.76. The Bertz CT molecular complexity index is 435. The van der Waals surface area contributed by atoms with Crippen molar-refractivity contribution in [1.82, 2.24) is 0 Å². The normalized spacial score (nSPS) is 34.9. The Hall–Kier alpha value is -0.613. The second-order valence-electron chi connectivity index (χ2n) is 8.05. The van der Waals surface area contributed by atoms with E-state index in [0.29, 0.717) is 5.57 Å². The van der Waals surface area contributed by atoms with Crippen molar-refractivity contribution < 1.29 is 14.0 Å². The Morgan fingerprint density at radius 3 is 2.55 bits per heavy atom. The van der Waals surface area contributed by atoms with E-state index in [1.165, 1.54) is 0 Å². The van der Waals surface area contributed by atoms with Gasteiger partial charge >= 0.3 is 5.97 Å². The third kappa shape index (κ3) is 2.60. The zero-order chi connectivity index (χ0) is 15.3. The molecule has 114 valence electrons. The van der Waals surface area contributed by atoms with Gasteiger partial charge in [0.05, 0.1) is 0 Å². The molecule has 2 rings (SSSR count). The number of carbonyl (C=O) groups is 1. The van der Waals surface area contributed by atoms with E-state index in [2.05, 4.69) is 40.4 Å². The van der Waals surface area contributed by atoms with Crippen molar-refractivity contribution >= 4 is 14.3 Å². The number of rotatable bonds is 2. The zero-order valence-electron chi connectivity index (χ0n) is 13.7. The van der Waals surface area contributed by atoms with Crippen LogP contribution in [0.4, 0.5) is 0 Å². The van der Waals surface area contributed by atoms with Gasteiger partial charge in [-0.2, -0.15) is 0 Å². The Morgan fingerprint density at radius 1 is 1.40 bits per heavy atom. The molecule has 2 fully saturated rings. The first-order valence-electron chi connectivity index (χ1n) is 7.56. The van der Waals surface area contributed by atoms with Gasteiger partial charge in [0.2, 0.25) is 0 Å². The smallest absolute Gasteiger partial charge is 0.334 e. The molecule has 1 saturated carbocycles. The fourth-order valence-electron chi connectivity index (χ4n) is 3.00. The highest BCUT2D eigenvalue weighted by molar-refractivity contribution is 6.74. The first-order valence-corrected chi connectivity index (χ1v) is 10.5. The molecule has 3 nitrogen and oxygen atoms in total. The minimum Gasteiger partial charge on any atom is -0.455 e. The molecule has 0 aromatic carbocycles. The Kier molecular flexibility index (Phi) is 3.71. The predicted octanol–water partition coefficient (Wildman–Crippen LogP) is 4.05. The van der Waals surface area contributed by atoms with E-state index < -0.39 is 8.32 Å². The third-order valence-corrected chi connectivity index (χ3v) is 10.0. The van der Waals surface area contributed by atoms with E-state index in [4.69, 9.17) is 9.16 Å². The molecule has 0 unspecified atom stereocenters. The summed E-state index contributed by atoms with van der Waals surface area (Å²) < 4.78 is 12.0. The van der Waals surface area contributed by atoms with Crippen molar-refractivity contribution in [3.63, 3.8) is 0 Å². The number of fused-ring (bicyclic) bond motifs is 1. The molecule has 2 aliphatic rings. The van der Waals surface area contributed by atoms with Gasteiger partial charge in [0, 0.05) is 17.6 Å². The highest BCUT2D eigenvalue weighted by Crippen LogP contribution is 2.48. The summed E-state index contributed by atoms with van der Waals surface area (Å²) in [5.74, 6) is -0.0935. The van der Waals surface area contributed by atoms with Crippen molar-refractivity contribution in [2.45, 2.75) is 76.8 Å². The summed E-state index contributed by atoms with van der Waals surface area (Å²) >= 11 is 0. The molecule has 0 amide bonds. The van der Waals surface area contributed by atoms with Crippen LogP contribution in [-0.2, 0) is 14.0 Å². The first-order chi connectivity index (χ1) is 8.96. The molecule has 0 spiro atoms. The highest BCUT2D eigenvalue weighted by Gasteiger charge is 2.52. The van der Waals surface area contributed by atoms with E-state index >= 15 is 0 Å². The Labute approximate surface area is 123 Å². The monoisotopic (exact) mass is 296 g/mol. The van der Waals surface area contributed by atoms with E-state index in [1.807, 2.05) is 6.92 Å². The molecule has 20 heavy (non-hydrogen) atoms. The van der Waals surface area contributed by atoms with Crippen LogP contribution < -0.4 is 0 Å². The Balaban J connectivity index is 2.09. The maximum Gasteiger partial charge on any atom is 0.334 e. The largest absolute Gasteiger partial charge is 0.455 e. The van der Waals surface area contributed by atoms with Gasteiger partial charge < -0.3 is 9.16 Å². The fraction of sp³-hybridized carbons (Fsp3) is 0.812. The van der Waals surface area contributed by atoms with Gasteiger partial charge in [-0.15, -0.1) is 0 Å². The van der Waals surface area contributed by atoms with Crippen LogP contribution in [0, 0.1) is 5.92 Å². The van der Waals surface area contributed by atoms with Crippen molar-refractivity contribution in [1.29, 1.82) is 0 Å². The van der Waals surface area contributed by atoms with Crippen LogP contribution in [0.3, 0.4) is 0 Å². The second-order valence-corrected chi connectivity index (χ2v) is 12.8. The van der Waals surface area contributed by atoms with Crippen molar-refractivity contribution in [3.05, 3.63) is 12.2 Å². The number of esters is 1. The van der Waals surface area contributed by atoms with Crippen LogP contribution in [0.1, 0.15) is 47.0 Å². The van der Waals surface area contributed by atoms with Crippen LogP contribution in [0.25, 0.3) is 0 Å². The van der Waals surface area contributed by atoms with E-state index in [-0.39, 0.29) is 28.6 Å². The maximum atomic E-state index is 11.7. The SMILES string of the molecule is C=C1C(=O)O[C@]2(C)CC[C@@H](O[Si](C)(C)C(C)(C)C)C[C@H]12. The second kappa shape index (κ2) is 4.70. The first kappa shape index (κ1) is 15.8. The van der Waals surface area contributed by atoms with Gasteiger partial charge in [0.1, 0.15) is 5.60 Å². The number of ether oxygens (including phenoxy) is 1. The number of hydrogen-bond acceptors (Lipinski definition) is 3. The molecule has 1 aliphatic heterocycles. The van der Waals surface area contributed by atoms with Gasteiger partial charge in [-0.05, 0) is 44.3 Å². The lowest BCUT2D eigenvalue weighted by atomic mass is 9.74. The predicted molar refractivity (Wildman–Crippen MR) is 83.0 cm³/mol. The van der Waals surface area contributed by atoms with Crippen LogP contribution in [-0.4, -0.2) is 26.0 Å². The van der Waals surface area contributed by atoms with E-state index in [1.54, 1.807) is 0 Å². The molecule has 0 N–H and O–H groups in total. The average molecular weight is 296 g/mol. The summed E-state index contributed by atoms with van der Waals surface area (Å²) in [5.41, 5.74) is 0.289. The lowest BCUT2D eigenvalue weighted by molar-refractivity contribution is -0.149. The fourth-order valence-corrected chi connectivity index (χ4v) is 4.41. The van der Waals surface area contributed by atoms with Crippen molar-refractivity contribution in [3.8, 4) is 0 Å². The summed E-state index contributed by atoms with van der Waals surface area (Å²) in [6, 6.07) is 0.